The Morgan fingerprint density at radius 3 is 2.10 bits per heavy atom. The van der Waals surface area contributed by atoms with E-state index >= 15 is 0 Å². The van der Waals surface area contributed by atoms with E-state index in [1.54, 1.807) is 18.2 Å². The molecule has 0 bridgehead atoms. The van der Waals surface area contributed by atoms with Crippen LogP contribution in [0, 0.1) is 0 Å². The highest BCUT2D eigenvalue weighted by Gasteiger charge is 2.42. The van der Waals surface area contributed by atoms with E-state index in [0.29, 0.717) is 99.2 Å². The molecule has 2 aliphatic rings. The van der Waals surface area contributed by atoms with Gasteiger partial charge in [0.05, 0.1) is 90.3 Å². The first-order valence-corrected chi connectivity index (χ1v) is 18.9. The van der Waals surface area contributed by atoms with Crippen LogP contribution in [0.3, 0.4) is 0 Å². The summed E-state index contributed by atoms with van der Waals surface area (Å²) in [6.45, 7) is 4.17. The molecule has 2 aliphatic heterocycles. The highest BCUT2D eigenvalue weighted by atomic mass is 35.5. The monoisotopic (exact) mass is 775 g/mol. The van der Waals surface area contributed by atoms with Crippen LogP contribution in [0.15, 0.2) is 29.1 Å². The zero-order chi connectivity index (χ0) is 36.3. The van der Waals surface area contributed by atoms with Gasteiger partial charge in [-0.15, -0.1) is 0 Å². The molecule has 0 spiro atoms. The second-order valence-electron chi connectivity index (χ2n) is 11.8. The number of unbranched alkanes of at least 4 members (excludes halogenated alkanes) is 1. The summed E-state index contributed by atoms with van der Waals surface area (Å²) in [5.74, 6) is 0.979. The third kappa shape index (κ3) is 15.4. The van der Waals surface area contributed by atoms with E-state index in [4.69, 9.17) is 51.6 Å². The maximum absolute atomic E-state index is 12.4. The van der Waals surface area contributed by atoms with E-state index < -0.39 is 11.5 Å². The molecule has 2 fully saturated rings. The van der Waals surface area contributed by atoms with Crippen molar-refractivity contribution in [3.8, 4) is 5.75 Å². The van der Waals surface area contributed by atoms with Gasteiger partial charge in [-0.25, -0.2) is 4.79 Å². The number of H-pyrrole nitrogens is 1. The fourth-order valence-electron chi connectivity index (χ4n) is 5.35. The number of nitrogens with zero attached hydrogens (tertiary/aromatic N) is 1. The molecule has 18 heteroatoms. The van der Waals surface area contributed by atoms with Gasteiger partial charge in [0.1, 0.15) is 12.4 Å². The highest BCUT2D eigenvalue weighted by molar-refractivity contribution is 8.00. The van der Waals surface area contributed by atoms with E-state index in [-0.39, 0.29) is 43.7 Å². The van der Waals surface area contributed by atoms with Gasteiger partial charge in [0.2, 0.25) is 5.91 Å². The van der Waals surface area contributed by atoms with Gasteiger partial charge >= 0.3 is 6.03 Å². The lowest BCUT2D eigenvalue weighted by molar-refractivity contribution is -0.121. The second-order valence-corrected chi connectivity index (χ2v) is 13.9. The van der Waals surface area contributed by atoms with Crippen LogP contribution in [0.25, 0.3) is 0 Å². The number of amides is 3. The van der Waals surface area contributed by atoms with Gasteiger partial charge in [-0.3, -0.25) is 19.5 Å². The first-order chi connectivity index (χ1) is 24.8. The predicted molar refractivity (Wildman–Crippen MR) is 192 cm³/mol. The third-order valence-electron chi connectivity index (χ3n) is 7.85. The molecule has 3 atom stereocenters. The summed E-state index contributed by atoms with van der Waals surface area (Å²) >= 11 is 13.8. The number of nitrogens with one attached hydrogen (secondary N) is 4. The fourth-order valence-corrected chi connectivity index (χ4v) is 7.40. The zero-order valence-electron chi connectivity index (χ0n) is 28.5. The van der Waals surface area contributed by atoms with E-state index in [2.05, 4.69) is 21.0 Å². The summed E-state index contributed by atoms with van der Waals surface area (Å²) in [4.78, 5) is 48.1. The van der Waals surface area contributed by atoms with Gasteiger partial charge in [-0.2, -0.15) is 16.4 Å². The van der Waals surface area contributed by atoms with Crippen molar-refractivity contribution in [2.45, 2.75) is 56.0 Å². The number of ether oxygens (including phenoxy) is 6. The van der Waals surface area contributed by atoms with E-state index in [0.717, 1.165) is 29.7 Å². The molecule has 15 nitrogen and oxygen atoms in total. The van der Waals surface area contributed by atoms with E-state index in [1.165, 1.54) is 6.07 Å². The lowest BCUT2D eigenvalue weighted by Crippen LogP contribution is -2.36. The molecule has 0 unspecified atom stereocenters. The number of carbonyl (C=O) groups is 3. The van der Waals surface area contributed by atoms with Crippen molar-refractivity contribution in [3.63, 3.8) is 0 Å². The lowest BCUT2D eigenvalue weighted by atomic mass is 10.0. The van der Waals surface area contributed by atoms with Crippen molar-refractivity contribution in [2.75, 3.05) is 78.4 Å². The number of halogens is 2. The van der Waals surface area contributed by atoms with E-state index in [9.17, 15) is 19.2 Å². The largest absolute Gasteiger partial charge is 0.487 e. The number of thioether (sulfide) groups is 1. The number of fused-ring (bicyclic) bond motifs is 1. The standard InChI is InChI=1S/C33H47Cl2N5O10S/c34-23-17-24(35)19-26(18-23)50-21-25-20-31(43)40(39-25)30(42)5-7-45-9-11-47-13-15-49-16-14-48-12-10-46-8-6-36-29(41)4-2-1-3-28-32-27(22-51-28)37-33(44)38-32/h17-20,27-28,32,39H,1-16,21-22H2,(H,36,41)(H2,37,38,44)/t27-,28-,32-/m0/s1. The molecule has 284 valence electrons. The van der Waals surface area contributed by atoms with Gasteiger partial charge in [-0.1, -0.05) is 29.6 Å². The van der Waals surface area contributed by atoms with Crippen LogP contribution in [0.5, 0.6) is 5.75 Å². The first kappa shape index (κ1) is 40.9. The topological polar surface area (TPSA) is 180 Å². The van der Waals surface area contributed by atoms with Gasteiger partial charge in [-0.05, 0) is 31.0 Å². The molecule has 2 aromatic rings. The van der Waals surface area contributed by atoms with Crippen LogP contribution >= 0.6 is 35.0 Å². The number of carbonyl (C=O) groups excluding carboxylic acids is 3. The maximum Gasteiger partial charge on any atom is 0.315 e. The minimum atomic E-state index is -0.487. The summed E-state index contributed by atoms with van der Waals surface area (Å²) in [6.07, 6.45) is 3.28. The average Bonchev–Trinajstić information content (AvgIpc) is 3.78. The summed E-state index contributed by atoms with van der Waals surface area (Å²) in [5.41, 5.74) is -0.0640. The Morgan fingerprint density at radius 2 is 1.43 bits per heavy atom. The fraction of sp³-hybridized carbons (Fsp3) is 0.636. The number of urea groups is 1. The molecule has 1 aromatic carbocycles. The molecule has 0 aliphatic carbocycles. The van der Waals surface area contributed by atoms with Crippen LogP contribution in [-0.2, 0) is 35.1 Å². The Bertz CT molecular complexity index is 1430. The van der Waals surface area contributed by atoms with Crippen molar-refractivity contribution in [3.05, 3.63) is 50.4 Å². The van der Waals surface area contributed by atoms with Crippen LogP contribution in [0.1, 0.15) is 42.6 Å². The summed E-state index contributed by atoms with van der Waals surface area (Å²) in [7, 11) is 0. The van der Waals surface area contributed by atoms with Gasteiger partial charge in [0.25, 0.3) is 11.5 Å². The zero-order valence-corrected chi connectivity index (χ0v) is 30.8. The molecule has 4 rings (SSSR count). The van der Waals surface area contributed by atoms with Crippen molar-refractivity contribution in [2.24, 2.45) is 0 Å². The highest BCUT2D eigenvalue weighted by Crippen LogP contribution is 2.33. The number of rotatable bonds is 26. The first-order valence-electron chi connectivity index (χ1n) is 17.1. The molecule has 3 amide bonds. The number of aromatic nitrogens is 2. The Kier molecular flexibility index (Phi) is 18.4. The lowest BCUT2D eigenvalue weighted by Gasteiger charge is -2.16. The Morgan fingerprint density at radius 1 is 0.804 bits per heavy atom. The number of aromatic amines is 1. The molecule has 1 aromatic heterocycles. The molecule has 2 saturated heterocycles. The predicted octanol–water partition coefficient (Wildman–Crippen LogP) is 3.02. The average molecular weight is 777 g/mol. The normalized spacial score (nSPS) is 18.0. The van der Waals surface area contributed by atoms with Crippen LogP contribution in [0.4, 0.5) is 4.79 Å². The quantitative estimate of drug-likeness (QED) is 0.0815. The molecule has 4 N–H and O–H groups in total. The third-order valence-corrected chi connectivity index (χ3v) is 9.80. The van der Waals surface area contributed by atoms with Crippen molar-refractivity contribution in [1.29, 1.82) is 0 Å². The summed E-state index contributed by atoms with van der Waals surface area (Å²) in [6, 6.07) is 6.43. The van der Waals surface area contributed by atoms with Crippen molar-refractivity contribution in [1.82, 2.24) is 25.7 Å². The Labute approximate surface area is 311 Å². The maximum atomic E-state index is 12.4. The molecule has 0 radical (unpaired) electrons. The van der Waals surface area contributed by atoms with Gasteiger partial charge < -0.3 is 44.4 Å². The van der Waals surface area contributed by atoms with Crippen LogP contribution in [0.2, 0.25) is 10.0 Å². The SMILES string of the molecule is O=C(CCCC[C@@H]1SC[C@@H]2NC(=O)N[C@@H]21)NCCOCCOCCOCCOCCOCCC(=O)n1[nH]c(COc2cc(Cl)cc(Cl)c2)cc1=O. The van der Waals surface area contributed by atoms with Gasteiger partial charge in [0.15, 0.2) is 0 Å². The molecule has 3 heterocycles. The molecular weight excluding hydrogens is 729 g/mol. The summed E-state index contributed by atoms with van der Waals surface area (Å²) in [5, 5.41) is 12.8. The smallest absolute Gasteiger partial charge is 0.315 e. The van der Waals surface area contributed by atoms with Crippen molar-refractivity contribution < 1.29 is 42.8 Å². The molecule has 0 saturated carbocycles. The van der Waals surface area contributed by atoms with Crippen molar-refractivity contribution >= 4 is 52.8 Å². The number of benzene rings is 1. The van der Waals surface area contributed by atoms with Gasteiger partial charge in [0, 0.05) is 40.1 Å². The molecular formula is C33H47Cl2N5O10S. The Hall–Kier alpha value is -2.83. The van der Waals surface area contributed by atoms with E-state index in [1.807, 2.05) is 11.8 Å². The van der Waals surface area contributed by atoms with Crippen LogP contribution < -0.4 is 26.2 Å². The van der Waals surface area contributed by atoms with Crippen LogP contribution in [-0.4, -0.2) is 123 Å². The Balaban J connectivity index is 0.864. The number of hydrogen-bond acceptors (Lipinski definition) is 11. The summed E-state index contributed by atoms with van der Waals surface area (Å²) < 4.78 is 33.9. The minimum Gasteiger partial charge on any atom is -0.487 e. The number of hydrogen-bond donors (Lipinski definition) is 4. The molecule has 51 heavy (non-hydrogen) atoms. The second kappa shape index (κ2) is 23.0. The minimum absolute atomic E-state index is 0.0133.